The van der Waals surface area contributed by atoms with Crippen molar-refractivity contribution in [3.8, 4) is 22.6 Å². The number of hydrogen-bond donors (Lipinski definition) is 1. The van der Waals surface area contributed by atoms with Crippen LogP contribution in [0.5, 0.6) is 11.5 Å². The van der Waals surface area contributed by atoms with Gasteiger partial charge in [-0.25, -0.2) is 0 Å². The van der Waals surface area contributed by atoms with Gasteiger partial charge in [0.2, 0.25) is 0 Å². The molecule has 0 saturated carbocycles. The summed E-state index contributed by atoms with van der Waals surface area (Å²) in [5.41, 5.74) is 11.2. The first kappa shape index (κ1) is 21.1. The maximum atomic E-state index is 6.93. The highest BCUT2D eigenvalue weighted by Crippen LogP contribution is 2.58. The van der Waals surface area contributed by atoms with Crippen LogP contribution in [0.4, 0.5) is 5.69 Å². The minimum atomic E-state index is -0.392. The van der Waals surface area contributed by atoms with E-state index in [2.05, 4.69) is 73.7 Å². The Morgan fingerprint density at radius 1 is 1.03 bits per heavy atom. The zero-order chi connectivity index (χ0) is 22.2. The lowest BCUT2D eigenvalue weighted by molar-refractivity contribution is 0.0766. The number of ether oxygens (including phenoxy) is 2. The molecule has 3 nitrogen and oxygen atoms in total. The van der Waals surface area contributed by atoms with Gasteiger partial charge in [0.05, 0.1) is 7.11 Å². The molecule has 0 spiro atoms. The van der Waals surface area contributed by atoms with Crippen molar-refractivity contribution in [3.05, 3.63) is 39.4 Å². The van der Waals surface area contributed by atoms with Crippen LogP contribution in [0.2, 0.25) is 0 Å². The molecule has 0 aliphatic carbocycles. The van der Waals surface area contributed by atoms with Crippen molar-refractivity contribution >= 4 is 5.69 Å². The zero-order valence-electron chi connectivity index (χ0n) is 20.4. The minimum Gasteiger partial charge on any atom is -0.496 e. The van der Waals surface area contributed by atoms with Crippen molar-refractivity contribution in [1.82, 2.24) is 0 Å². The van der Waals surface area contributed by atoms with E-state index in [1.54, 1.807) is 7.11 Å². The maximum absolute atomic E-state index is 6.93. The molecule has 2 unspecified atom stereocenters. The Morgan fingerprint density at radius 3 is 2.27 bits per heavy atom. The number of benzene rings is 2. The molecular formula is C27H37NO2. The van der Waals surface area contributed by atoms with Gasteiger partial charge in [-0.15, -0.1) is 0 Å². The molecule has 2 aromatic carbocycles. The molecule has 2 aliphatic rings. The van der Waals surface area contributed by atoms with E-state index in [0.29, 0.717) is 5.92 Å². The third kappa shape index (κ3) is 2.77. The van der Waals surface area contributed by atoms with E-state index in [9.17, 15) is 0 Å². The van der Waals surface area contributed by atoms with E-state index < -0.39 is 5.60 Å². The second-order valence-corrected chi connectivity index (χ2v) is 10.3. The van der Waals surface area contributed by atoms with Crippen molar-refractivity contribution in [2.45, 2.75) is 92.2 Å². The van der Waals surface area contributed by atoms with E-state index in [0.717, 1.165) is 24.3 Å². The summed E-state index contributed by atoms with van der Waals surface area (Å²) in [6, 6.07) is 2.22. The van der Waals surface area contributed by atoms with E-state index in [-0.39, 0.29) is 5.54 Å². The van der Waals surface area contributed by atoms with E-state index in [1.165, 1.54) is 50.2 Å². The van der Waals surface area contributed by atoms with Crippen LogP contribution in [-0.4, -0.2) is 12.6 Å². The lowest BCUT2D eigenvalue weighted by Gasteiger charge is -2.46. The van der Waals surface area contributed by atoms with Gasteiger partial charge in [-0.2, -0.15) is 0 Å². The highest BCUT2D eigenvalue weighted by atomic mass is 16.5. The first-order valence-electron chi connectivity index (χ1n) is 11.3. The molecule has 3 heteroatoms. The first-order valence-corrected chi connectivity index (χ1v) is 11.3. The summed E-state index contributed by atoms with van der Waals surface area (Å²) < 4.78 is 13.0. The average molecular weight is 408 g/mol. The van der Waals surface area contributed by atoms with Gasteiger partial charge >= 0.3 is 0 Å². The number of nitrogens with one attached hydrogen (secondary N) is 1. The van der Waals surface area contributed by atoms with Crippen LogP contribution < -0.4 is 14.8 Å². The highest BCUT2D eigenvalue weighted by molar-refractivity contribution is 5.90. The topological polar surface area (TPSA) is 30.5 Å². The van der Waals surface area contributed by atoms with Gasteiger partial charge in [-0.1, -0.05) is 13.8 Å². The van der Waals surface area contributed by atoms with Gasteiger partial charge in [-0.3, -0.25) is 0 Å². The predicted octanol–water partition coefficient (Wildman–Crippen LogP) is 7.31. The van der Waals surface area contributed by atoms with E-state index >= 15 is 0 Å². The van der Waals surface area contributed by atoms with Gasteiger partial charge in [0.15, 0.2) is 0 Å². The summed E-state index contributed by atoms with van der Waals surface area (Å²) in [5, 5.41) is 3.79. The van der Waals surface area contributed by atoms with Crippen LogP contribution in [0.3, 0.4) is 0 Å². The molecule has 2 aliphatic heterocycles. The number of rotatable bonds is 2. The number of anilines is 1. The van der Waals surface area contributed by atoms with Gasteiger partial charge in [0.25, 0.3) is 0 Å². The molecule has 2 heterocycles. The Morgan fingerprint density at radius 2 is 1.67 bits per heavy atom. The van der Waals surface area contributed by atoms with Crippen molar-refractivity contribution in [1.29, 1.82) is 0 Å². The molecule has 0 aromatic heterocycles. The fraction of sp³-hybridized carbons (Fsp3) is 0.556. The molecule has 162 valence electrons. The molecule has 0 bridgehead atoms. The van der Waals surface area contributed by atoms with Gasteiger partial charge in [-0.05, 0) is 95.0 Å². The monoisotopic (exact) mass is 407 g/mol. The molecule has 0 saturated heterocycles. The van der Waals surface area contributed by atoms with Gasteiger partial charge in [0.1, 0.15) is 17.1 Å². The van der Waals surface area contributed by atoms with Crippen molar-refractivity contribution in [2.24, 2.45) is 0 Å². The fourth-order valence-corrected chi connectivity index (χ4v) is 5.76. The SMILES string of the molecule is CCC1(C)Oc2c(C)c(C)c(C)c(C)c2-c2c(OC)cc3c(c21)C(C)CC(C)(C)N3. The molecule has 0 fully saturated rings. The molecule has 0 radical (unpaired) electrons. The smallest absolute Gasteiger partial charge is 0.132 e. The summed E-state index contributed by atoms with van der Waals surface area (Å²) in [6.45, 7) is 20.3. The summed E-state index contributed by atoms with van der Waals surface area (Å²) in [6.07, 6.45) is 2.00. The van der Waals surface area contributed by atoms with Crippen LogP contribution in [0.15, 0.2) is 6.07 Å². The molecular weight excluding hydrogens is 370 g/mol. The van der Waals surface area contributed by atoms with Crippen molar-refractivity contribution in [3.63, 3.8) is 0 Å². The molecule has 0 amide bonds. The molecule has 1 N–H and O–H groups in total. The zero-order valence-corrected chi connectivity index (χ0v) is 20.4. The van der Waals surface area contributed by atoms with Crippen LogP contribution in [0, 0.1) is 27.7 Å². The second-order valence-electron chi connectivity index (χ2n) is 10.3. The van der Waals surface area contributed by atoms with Crippen LogP contribution in [-0.2, 0) is 5.60 Å². The first-order chi connectivity index (χ1) is 14.0. The Hall–Kier alpha value is -2.16. The summed E-state index contributed by atoms with van der Waals surface area (Å²) in [5.74, 6) is 2.42. The quantitative estimate of drug-likeness (QED) is 0.566. The minimum absolute atomic E-state index is 0.0575. The standard InChI is InChI=1S/C27H37NO2/c1-11-27(9)24-21-14(2)13-26(7,8)28-19(21)12-20(29-10)23(24)22-17(5)15(3)16(4)18(6)25(22)30-27/h12,14,28H,11,13H2,1-10H3. The number of hydrogen-bond acceptors (Lipinski definition) is 3. The Balaban J connectivity index is 2.19. The van der Waals surface area contributed by atoms with E-state index in [1.807, 2.05) is 0 Å². The average Bonchev–Trinajstić information content (AvgIpc) is 2.68. The Labute approximate surface area is 182 Å². The predicted molar refractivity (Wildman–Crippen MR) is 126 cm³/mol. The summed E-state index contributed by atoms with van der Waals surface area (Å²) in [4.78, 5) is 0. The lowest BCUT2D eigenvalue weighted by atomic mass is 9.71. The summed E-state index contributed by atoms with van der Waals surface area (Å²) >= 11 is 0. The molecule has 2 aromatic rings. The van der Waals surface area contributed by atoms with Crippen molar-refractivity contribution < 1.29 is 9.47 Å². The van der Waals surface area contributed by atoms with Gasteiger partial charge in [0, 0.05) is 34.0 Å². The summed E-state index contributed by atoms with van der Waals surface area (Å²) in [7, 11) is 1.79. The Bertz CT molecular complexity index is 1050. The third-order valence-corrected chi connectivity index (χ3v) is 7.74. The normalized spacial score (nSPS) is 23.6. The highest BCUT2D eigenvalue weighted by Gasteiger charge is 2.44. The third-order valence-electron chi connectivity index (χ3n) is 7.74. The van der Waals surface area contributed by atoms with Crippen molar-refractivity contribution in [2.75, 3.05) is 12.4 Å². The second kappa shape index (κ2) is 6.67. The van der Waals surface area contributed by atoms with Crippen LogP contribution in [0.25, 0.3) is 11.1 Å². The molecule has 4 rings (SSSR count). The largest absolute Gasteiger partial charge is 0.496 e. The van der Waals surface area contributed by atoms with Crippen LogP contribution >= 0.6 is 0 Å². The van der Waals surface area contributed by atoms with Crippen LogP contribution in [0.1, 0.15) is 86.8 Å². The fourth-order valence-electron chi connectivity index (χ4n) is 5.76. The molecule has 2 atom stereocenters. The number of methoxy groups -OCH3 is 1. The van der Waals surface area contributed by atoms with E-state index in [4.69, 9.17) is 9.47 Å². The maximum Gasteiger partial charge on any atom is 0.132 e. The number of fused-ring (bicyclic) bond motifs is 5. The molecule has 30 heavy (non-hydrogen) atoms. The lowest BCUT2D eigenvalue weighted by Crippen LogP contribution is -2.40. The Kier molecular flexibility index (Phi) is 4.69. The van der Waals surface area contributed by atoms with Gasteiger partial charge < -0.3 is 14.8 Å².